The third-order valence-electron chi connectivity index (χ3n) is 4.42. The maximum Gasteiger partial charge on any atom is 0.258 e. The molecule has 3 aromatic rings. The van der Waals surface area contributed by atoms with Crippen molar-refractivity contribution in [3.05, 3.63) is 62.5 Å². The Hall–Kier alpha value is -2.38. The van der Waals surface area contributed by atoms with E-state index < -0.39 is 0 Å². The highest BCUT2D eigenvalue weighted by Crippen LogP contribution is 2.24. The average Bonchev–Trinajstić information content (AvgIpc) is 3.31. The Morgan fingerprint density at radius 2 is 2.08 bits per heavy atom. The molecular weight excluding hydrogens is 372 g/mol. The number of amides is 1. The van der Waals surface area contributed by atoms with Gasteiger partial charge in [0.05, 0.1) is 17.8 Å². The number of hydrogen-bond donors (Lipinski definition) is 1. The molecule has 6 nitrogen and oxygen atoms in total. The SMILES string of the molecule is O=C(c1cc(Cl)ccc1NCc1cc(=O)n2ccsc2n1)N1CCCC1. The van der Waals surface area contributed by atoms with Crippen LogP contribution in [0.3, 0.4) is 0 Å². The number of fused-ring (bicyclic) bond motifs is 1. The normalized spacial score (nSPS) is 14.1. The van der Waals surface area contributed by atoms with Gasteiger partial charge in [-0.05, 0) is 31.0 Å². The summed E-state index contributed by atoms with van der Waals surface area (Å²) in [7, 11) is 0. The van der Waals surface area contributed by atoms with E-state index in [2.05, 4.69) is 10.3 Å². The number of aromatic nitrogens is 2. The summed E-state index contributed by atoms with van der Waals surface area (Å²) in [5.41, 5.74) is 1.76. The first-order valence-electron chi connectivity index (χ1n) is 8.40. The summed E-state index contributed by atoms with van der Waals surface area (Å²) in [6.45, 7) is 1.90. The largest absolute Gasteiger partial charge is 0.379 e. The van der Waals surface area contributed by atoms with Crippen LogP contribution in [0, 0.1) is 0 Å². The van der Waals surface area contributed by atoms with Gasteiger partial charge in [-0.2, -0.15) is 0 Å². The number of carbonyl (C=O) groups is 1. The third kappa shape index (κ3) is 3.32. The van der Waals surface area contributed by atoms with Crippen LogP contribution in [0.15, 0.2) is 40.6 Å². The highest BCUT2D eigenvalue weighted by molar-refractivity contribution is 7.15. The van der Waals surface area contributed by atoms with Crippen LogP contribution in [-0.4, -0.2) is 33.3 Å². The van der Waals surface area contributed by atoms with E-state index >= 15 is 0 Å². The van der Waals surface area contributed by atoms with Crippen molar-refractivity contribution >= 4 is 39.5 Å². The average molecular weight is 389 g/mol. The Kier molecular flexibility index (Phi) is 4.65. The molecule has 0 atom stereocenters. The van der Waals surface area contributed by atoms with Gasteiger partial charge < -0.3 is 10.2 Å². The van der Waals surface area contributed by atoms with E-state index in [0.717, 1.165) is 25.9 Å². The minimum Gasteiger partial charge on any atom is -0.379 e. The second-order valence-corrected chi connectivity index (χ2v) is 7.49. The molecule has 0 bridgehead atoms. The van der Waals surface area contributed by atoms with Crippen LogP contribution in [-0.2, 0) is 6.54 Å². The molecule has 134 valence electrons. The van der Waals surface area contributed by atoms with E-state index in [0.29, 0.717) is 33.5 Å². The molecule has 1 fully saturated rings. The molecule has 0 unspecified atom stereocenters. The number of nitrogens with zero attached hydrogens (tertiary/aromatic N) is 3. The monoisotopic (exact) mass is 388 g/mol. The zero-order valence-electron chi connectivity index (χ0n) is 13.9. The van der Waals surface area contributed by atoms with Crippen LogP contribution in [0.2, 0.25) is 5.02 Å². The van der Waals surface area contributed by atoms with Gasteiger partial charge in [-0.3, -0.25) is 14.0 Å². The predicted molar refractivity (Wildman–Crippen MR) is 103 cm³/mol. The lowest BCUT2D eigenvalue weighted by Gasteiger charge is -2.18. The van der Waals surface area contributed by atoms with E-state index in [1.807, 2.05) is 10.3 Å². The van der Waals surface area contributed by atoms with Crippen molar-refractivity contribution < 1.29 is 4.79 Å². The van der Waals surface area contributed by atoms with Crippen molar-refractivity contribution in [3.8, 4) is 0 Å². The van der Waals surface area contributed by atoms with Gasteiger partial charge in [0.2, 0.25) is 0 Å². The number of rotatable bonds is 4. The first-order valence-corrected chi connectivity index (χ1v) is 9.66. The molecule has 4 rings (SSSR count). The standard InChI is InChI=1S/C18H17ClN4O2S/c19-12-3-4-15(14(9-12)17(25)22-5-1-2-6-22)20-11-13-10-16(24)23-7-8-26-18(23)21-13/h3-4,7-10,20H,1-2,5-6,11H2. The maximum atomic E-state index is 12.8. The lowest BCUT2D eigenvalue weighted by Crippen LogP contribution is -2.28. The molecule has 26 heavy (non-hydrogen) atoms. The third-order valence-corrected chi connectivity index (χ3v) is 5.41. The molecule has 1 aromatic carbocycles. The Balaban J connectivity index is 1.59. The molecule has 1 amide bonds. The zero-order chi connectivity index (χ0) is 18.1. The zero-order valence-corrected chi connectivity index (χ0v) is 15.5. The van der Waals surface area contributed by atoms with Crippen LogP contribution in [0.25, 0.3) is 4.96 Å². The van der Waals surface area contributed by atoms with E-state index in [4.69, 9.17) is 11.6 Å². The molecule has 1 aliphatic rings. The van der Waals surface area contributed by atoms with Gasteiger partial charge in [0.25, 0.3) is 11.5 Å². The van der Waals surface area contributed by atoms with Gasteiger partial charge in [-0.1, -0.05) is 11.6 Å². The molecule has 1 N–H and O–H groups in total. The van der Waals surface area contributed by atoms with Crippen molar-refractivity contribution in [2.24, 2.45) is 0 Å². The molecule has 0 spiro atoms. The van der Waals surface area contributed by atoms with Crippen LogP contribution in [0.1, 0.15) is 28.9 Å². The molecule has 0 aliphatic carbocycles. The first kappa shape index (κ1) is 17.1. The number of halogens is 1. The van der Waals surface area contributed by atoms with Crippen molar-refractivity contribution in [1.82, 2.24) is 14.3 Å². The molecule has 8 heteroatoms. The molecule has 1 saturated heterocycles. The smallest absolute Gasteiger partial charge is 0.258 e. The van der Waals surface area contributed by atoms with Crippen LogP contribution < -0.4 is 10.9 Å². The van der Waals surface area contributed by atoms with Crippen LogP contribution in [0.4, 0.5) is 5.69 Å². The summed E-state index contributed by atoms with van der Waals surface area (Å²) < 4.78 is 1.51. The number of nitrogens with one attached hydrogen (secondary N) is 1. The fraction of sp³-hybridized carbons (Fsp3) is 0.278. The Morgan fingerprint density at radius 1 is 1.27 bits per heavy atom. The minimum atomic E-state index is -0.113. The molecule has 3 heterocycles. The Labute approximate surface area is 159 Å². The molecule has 0 saturated carbocycles. The van der Waals surface area contributed by atoms with Crippen molar-refractivity contribution in [2.75, 3.05) is 18.4 Å². The second-order valence-electron chi connectivity index (χ2n) is 6.18. The lowest BCUT2D eigenvalue weighted by molar-refractivity contribution is 0.0793. The van der Waals surface area contributed by atoms with E-state index in [1.165, 1.54) is 21.8 Å². The van der Waals surface area contributed by atoms with Crippen LogP contribution >= 0.6 is 22.9 Å². The number of hydrogen-bond acceptors (Lipinski definition) is 5. The van der Waals surface area contributed by atoms with Gasteiger partial charge in [0.1, 0.15) is 0 Å². The van der Waals surface area contributed by atoms with Crippen molar-refractivity contribution in [2.45, 2.75) is 19.4 Å². The van der Waals surface area contributed by atoms with Gasteiger partial charge in [-0.25, -0.2) is 4.98 Å². The second kappa shape index (κ2) is 7.09. The van der Waals surface area contributed by atoms with E-state index in [1.54, 1.807) is 24.4 Å². The van der Waals surface area contributed by atoms with Gasteiger partial charge in [-0.15, -0.1) is 11.3 Å². The fourth-order valence-electron chi connectivity index (χ4n) is 3.10. The summed E-state index contributed by atoms with van der Waals surface area (Å²) >= 11 is 7.51. The van der Waals surface area contributed by atoms with Crippen LogP contribution in [0.5, 0.6) is 0 Å². The highest BCUT2D eigenvalue weighted by Gasteiger charge is 2.22. The van der Waals surface area contributed by atoms with E-state index in [-0.39, 0.29) is 11.5 Å². The summed E-state index contributed by atoms with van der Waals surface area (Å²) in [6.07, 6.45) is 3.77. The van der Waals surface area contributed by atoms with Gasteiger partial charge in [0, 0.05) is 41.4 Å². The minimum absolute atomic E-state index is 0.0192. The number of benzene rings is 1. The molecule has 0 radical (unpaired) electrons. The number of carbonyl (C=O) groups excluding carboxylic acids is 1. The fourth-order valence-corrected chi connectivity index (χ4v) is 4.01. The summed E-state index contributed by atoms with van der Waals surface area (Å²) in [4.78, 5) is 31.9. The summed E-state index contributed by atoms with van der Waals surface area (Å²) in [6, 6.07) is 6.73. The van der Waals surface area contributed by atoms with Crippen molar-refractivity contribution in [1.29, 1.82) is 0 Å². The highest BCUT2D eigenvalue weighted by atomic mass is 35.5. The maximum absolute atomic E-state index is 12.8. The van der Waals surface area contributed by atoms with Crippen molar-refractivity contribution in [3.63, 3.8) is 0 Å². The lowest BCUT2D eigenvalue weighted by atomic mass is 10.1. The first-order chi connectivity index (χ1) is 12.6. The molecule has 1 aliphatic heterocycles. The Bertz CT molecular complexity index is 1020. The molecule has 2 aromatic heterocycles. The topological polar surface area (TPSA) is 66.7 Å². The quantitative estimate of drug-likeness (QED) is 0.745. The van der Waals surface area contributed by atoms with E-state index in [9.17, 15) is 9.59 Å². The van der Waals surface area contributed by atoms with Gasteiger partial charge >= 0.3 is 0 Å². The number of thiazole rings is 1. The number of likely N-dealkylation sites (tertiary alicyclic amines) is 1. The van der Waals surface area contributed by atoms with Gasteiger partial charge in [0.15, 0.2) is 4.96 Å². The predicted octanol–water partition coefficient (Wildman–Crippen LogP) is 3.26. The number of anilines is 1. The summed E-state index contributed by atoms with van der Waals surface area (Å²) in [5, 5.41) is 5.58. The summed E-state index contributed by atoms with van der Waals surface area (Å²) in [5.74, 6) is -0.0192. The molecular formula is C18H17ClN4O2S. The Morgan fingerprint density at radius 3 is 2.88 bits per heavy atom.